The van der Waals surface area contributed by atoms with E-state index in [2.05, 4.69) is 15.9 Å². The lowest BCUT2D eigenvalue weighted by Crippen LogP contribution is -2.30. The van der Waals surface area contributed by atoms with Gasteiger partial charge in [-0.15, -0.1) is 0 Å². The molecule has 0 aliphatic heterocycles. The van der Waals surface area contributed by atoms with Gasteiger partial charge in [0, 0.05) is 17.2 Å². The second kappa shape index (κ2) is 3.98. The number of aromatic hydroxyl groups is 1. The number of hydrogen-bond donors (Lipinski definition) is 2. The third-order valence-corrected chi connectivity index (χ3v) is 2.76. The molecule has 0 aliphatic rings. The summed E-state index contributed by atoms with van der Waals surface area (Å²) in [5, 5.41) is 9.43. The highest BCUT2D eigenvalue weighted by molar-refractivity contribution is 9.10. The van der Waals surface area contributed by atoms with E-state index in [9.17, 15) is 9.50 Å². The maximum absolute atomic E-state index is 13.6. The largest absolute Gasteiger partial charge is 0.504 e. The van der Waals surface area contributed by atoms with E-state index in [0.717, 1.165) is 6.07 Å². The summed E-state index contributed by atoms with van der Waals surface area (Å²) in [5.74, 6) is -0.632. The van der Waals surface area contributed by atoms with Gasteiger partial charge in [-0.05, 0) is 29.8 Å². The standard InChI is InChI=1S/C10H13BrFNO2/c1-10(2,13)7-5(12)4-6(14)9(15-3)8(7)11/h4,14H,13H2,1-3H3. The molecule has 0 fully saturated rings. The van der Waals surface area contributed by atoms with Crippen LogP contribution in [-0.2, 0) is 5.54 Å². The van der Waals surface area contributed by atoms with Crippen molar-refractivity contribution in [1.82, 2.24) is 0 Å². The minimum atomic E-state index is -0.857. The zero-order chi connectivity index (χ0) is 11.8. The third kappa shape index (κ3) is 2.23. The lowest BCUT2D eigenvalue weighted by Gasteiger charge is -2.23. The summed E-state index contributed by atoms with van der Waals surface area (Å²) in [4.78, 5) is 0. The normalized spacial score (nSPS) is 11.6. The Morgan fingerprint density at radius 1 is 1.53 bits per heavy atom. The number of benzene rings is 1. The molecular formula is C10H13BrFNO2. The Kier molecular flexibility index (Phi) is 3.25. The summed E-state index contributed by atoms with van der Waals surface area (Å²) in [6, 6.07) is 0.994. The molecule has 0 aromatic heterocycles. The van der Waals surface area contributed by atoms with Crippen LogP contribution < -0.4 is 10.5 Å². The van der Waals surface area contributed by atoms with Crippen LogP contribution in [0.2, 0.25) is 0 Å². The highest BCUT2D eigenvalue weighted by Crippen LogP contribution is 2.41. The van der Waals surface area contributed by atoms with Crippen LogP contribution in [0.1, 0.15) is 19.4 Å². The predicted octanol–water partition coefficient (Wildman–Crippen LogP) is 2.50. The zero-order valence-corrected chi connectivity index (χ0v) is 10.4. The van der Waals surface area contributed by atoms with Gasteiger partial charge in [0.1, 0.15) is 5.82 Å². The third-order valence-electron chi connectivity index (χ3n) is 2.00. The molecule has 0 saturated carbocycles. The molecule has 5 heteroatoms. The smallest absolute Gasteiger partial charge is 0.175 e. The number of methoxy groups -OCH3 is 1. The average Bonchev–Trinajstić information content (AvgIpc) is 2.00. The molecule has 0 amide bonds. The van der Waals surface area contributed by atoms with Gasteiger partial charge in [-0.3, -0.25) is 0 Å². The number of phenols is 1. The van der Waals surface area contributed by atoms with E-state index in [0.29, 0.717) is 4.47 Å². The van der Waals surface area contributed by atoms with Crippen LogP contribution in [0.15, 0.2) is 10.5 Å². The molecule has 0 aliphatic carbocycles. The van der Waals surface area contributed by atoms with Gasteiger partial charge in [0.05, 0.1) is 11.6 Å². The van der Waals surface area contributed by atoms with Crippen LogP contribution in [0.25, 0.3) is 0 Å². The van der Waals surface area contributed by atoms with Crippen LogP contribution in [0.3, 0.4) is 0 Å². The zero-order valence-electron chi connectivity index (χ0n) is 8.77. The highest BCUT2D eigenvalue weighted by atomic mass is 79.9. The fourth-order valence-electron chi connectivity index (χ4n) is 1.37. The Bertz CT molecular complexity index is 388. The first-order chi connectivity index (χ1) is 6.79. The first-order valence-corrected chi connectivity index (χ1v) is 5.12. The summed E-state index contributed by atoms with van der Waals surface area (Å²) in [5.41, 5.74) is 5.24. The molecular weight excluding hydrogens is 265 g/mol. The summed E-state index contributed by atoms with van der Waals surface area (Å²) in [6.45, 7) is 3.35. The first kappa shape index (κ1) is 12.3. The molecule has 3 nitrogen and oxygen atoms in total. The molecule has 0 spiro atoms. The van der Waals surface area contributed by atoms with Crippen molar-refractivity contribution in [2.24, 2.45) is 5.73 Å². The molecule has 0 bridgehead atoms. The van der Waals surface area contributed by atoms with Crippen LogP contribution in [0.4, 0.5) is 4.39 Å². The van der Waals surface area contributed by atoms with Crippen molar-refractivity contribution < 1.29 is 14.2 Å². The summed E-state index contributed by atoms with van der Waals surface area (Å²) >= 11 is 3.17. The Labute approximate surface area is 96.2 Å². The van der Waals surface area contributed by atoms with Crippen molar-refractivity contribution in [3.05, 3.63) is 21.9 Å². The van der Waals surface area contributed by atoms with Crippen molar-refractivity contribution in [3.63, 3.8) is 0 Å². The molecule has 1 aromatic carbocycles. The minimum Gasteiger partial charge on any atom is -0.504 e. The van der Waals surface area contributed by atoms with Gasteiger partial charge in [-0.25, -0.2) is 4.39 Å². The van der Waals surface area contributed by atoms with Gasteiger partial charge in [-0.1, -0.05) is 0 Å². The van der Waals surface area contributed by atoms with E-state index in [-0.39, 0.29) is 17.1 Å². The van der Waals surface area contributed by atoms with Gasteiger partial charge < -0.3 is 15.6 Å². The average molecular weight is 278 g/mol. The summed E-state index contributed by atoms with van der Waals surface area (Å²) in [6.07, 6.45) is 0. The van der Waals surface area contributed by atoms with Gasteiger partial charge >= 0.3 is 0 Å². The van der Waals surface area contributed by atoms with Gasteiger partial charge in [-0.2, -0.15) is 0 Å². The maximum Gasteiger partial charge on any atom is 0.175 e. The van der Waals surface area contributed by atoms with E-state index in [1.165, 1.54) is 7.11 Å². The number of ether oxygens (including phenoxy) is 1. The van der Waals surface area contributed by atoms with E-state index in [1.807, 2.05) is 0 Å². The Morgan fingerprint density at radius 3 is 2.47 bits per heavy atom. The molecule has 84 valence electrons. The fourth-order valence-corrected chi connectivity index (χ4v) is 2.44. The first-order valence-electron chi connectivity index (χ1n) is 4.33. The van der Waals surface area contributed by atoms with Crippen LogP contribution in [0, 0.1) is 5.82 Å². The number of rotatable bonds is 2. The molecule has 0 atom stereocenters. The molecule has 3 N–H and O–H groups in total. The topological polar surface area (TPSA) is 55.5 Å². The number of hydrogen-bond acceptors (Lipinski definition) is 3. The lowest BCUT2D eigenvalue weighted by atomic mass is 9.94. The monoisotopic (exact) mass is 277 g/mol. The predicted molar refractivity (Wildman–Crippen MR) is 59.5 cm³/mol. The molecule has 0 unspecified atom stereocenters. The number of nitrogens with two attached hydrogens (primary N) is 1. The summed E-state index contributed by atoms with van der Waals surface area (Å²) < 4.78 is 18.9. The fraction of sp³-hybridized carbons (Fsp3) is 0.400. The summed E-state index contributed by atoms with van der Waals surface area (Å²) in [7, 11) is 1.39. The van der Waals surface area contributed by atoms with Crippen LogP contribution in [-0.4, -0.2) is 12.2 Å². The van der Waals surface area contributed by atoms with Crippen molar-refractivity contribution in [2.45, 2.75) is 19.4 Å². The molecule has 0 heterocycles. The molecule has 0 radical (unpaired) electrons. The van der Waals surface area contributed by atoms with Crippen molar-refractivity contribution in [3.8, 4) is 11.5 Å². The van der Waals surface area contributed by atoms with Crippen LogP contribution >= 0.6 is 15.9 Å². The van der Waals surface area contributed by atoms with E-state index in [4.69, 9.17) is 10.5 Å². The van der Waals surface area contributed by atoms with E-state index in [1.54, 1.807) is 13.8 Å². The molecule has 1 aromatic rings. The highest BCUT2D eigenvalue weighted by Gasteiger charge is 2.26. The molecule has 15 heavy (non-hydrogen) atoms. The van der Waals surface area contributed by atoms with Gasteiger partial charge in [0.15, 0.2) is 11.5 Å². The second-order valence-electron chi connectivity index (χ2n) is 3.82. The van der Waals surface area contributed by atoms with Crippen molar-refractivity contribution in [2.75, 3.05) is 7.11 Å². The van der Waals surface area contributed by atoms with Crippen molar-refractivity contribution in [1.29, 1.82) is 0 Å². The molecule has 1 rings (SSSR count). The second-order valence-corrected chi connectivity index (χ2v) is 4.61. The SMILES string of the molecule is COc1c(O)cc(F)c(C(C)(C)N)c1Br. The lowest BCUT2D eigenvalue weighted by molar-refractivity contribution is 0.363. The van der Waals surface area contributed by atoms with Crippen LogP contribution in [0.5, 0.6) is 11.5 Å². The van der Waals surface area contributed by atoms with E-state index >= 15 is 0 Å². The Balaban J connectivity index is 3.53. The maximum atomic E-state index is 13.6. The number of halogens is 2. The Hall–Kier alpha value is -0.810. The Morgan fingerprint density at radius 2 is 2.07 bits per heavy atom. The van der Waals surface area contributed by atoms with Gasteiger partial charge in [0.2, 0.25) is 0 Å². The van der Waals surface area contributed by atoms with Crippen molar-refractivity contribution >= 4 is 15.9 Å². The van der Waals surface area contributed by atoms with Gasteiger partial charge in [0.25, 0.3) is 0 Å². The minimum absolute atomic E-state index is 0.185. The quantitative estimate of drug-likeness (QED) is 0.873. The molecule has 0 saturated heterocycles. The number of phenolic OH excluding ortho intramolecular Hbond substituents is 1. The van der Waals surface area contributed by atoms with E-state index < -0.39 is 11.4 Å².